The first-order valence-corrected chi connectivity index (χ1v) is 17.1. The third-order valence-corrected chi connectivity index (χ3v) is 10.9. The lowest BCUT2D eigenvalue weighted by molar-refractivity contribution is -0.166. The zero-order valence-electron chi connectivity index (χ0n) is 27.7. The van der Waals surface area contributed by atoms with E-state index in [9.17, 15) is 19.2 Å². The zero-order chi connectivity index (χ0) is 32.9. The van der Waals surface area contributed by atoms with Crippen LogP contribution in [0.15, 0.2) is 65.3 Å². The highest BCUT2D eigenvalue weighted by Crippen LogP contribution is 2.63. The third-order valence-electron chi connectivity index (χ3n) is 10.9. The van der Waals surface area contributed by atoms with Gasteiger partial charge >= 0.3 is 18.0 Å². The number of benzene rings is 1. The number of nitrogens with one attached hydrogen (secondary N) is 1. The van der Waals surface area contributed by atoms with Crippen molar-refractivity contribution in [3.8, 4) is 0 Å². The number of hydrogen-bond acceptors (Lipinski definition) is 7. The van der Waals surface area contributed by atoms with Gasteiger partial charge in [-0.3, -0.25) is 10.1 Å². The maximum atomic E-state index is 13.4. The summed E-state index contributed by atoms with van der Waals surface area (Å²) in [7, 11) is 0. The second-order valence-electron chi connectivity index (χ2n) is 13.6. The average molecular weight is 632 g/mol. The molecule has 0 heterocycles. The van der Waals surface area contributed by atoms with Crippen molar-refractivity contribution in [3.05, 3.63) is 70.8 Å². The Kier molecular flexibility index (Phi) is 10.5. The van der Waals surface area contributed by atoms with Gasteiger partial charge in [-0.05, 0) is 118 Å². The molecule has 2 saturated carbocycles. The molecule has 8 nitrogen and oxygen atoms in total. The lowest BCUT2D eigenvalue weighted by Crippen LogP contribution is -2.61. The van der Waals surface area contributed by atoms with Gasteiger partial charge in [-0.1, -0.05) is 61.4 Å². The van der Waals surface area contributed by atoms with Gasteiger partial charge in [-0.2, -0.15) is 0 Å². The molecule has 0 aromatic heterocycles. The molecule has 0 unspecified atom stereocenters. The van der Waals surface area contributed by atoms with Crippen LogP contribution in [0.2, 0.25) is 0 Å². The highest BCUT2D eigenvalue weighted by molar-refractivity contribution is 6.07. The van der Waals surface area contributed by atoms with E-state index in [4.69, 9.17) is 14.2 Å². The lowest BCUT2D eigenvalue weighted by atomic mass is 9.53. The molecular weight excluding hydrogens is 582 g/mol. The second-order valence-corrected chi connectivity index (χ2v) is 13.6. The number of rotatable bonds is 12. The van der Waals surface area contributed by atoms with Gasteiger partial charge in [0.05, 0.1) is 13.2 Å². The second kappa shape index (κ2) is 14.4. The van der Waals surface area contributed by atoms with Gasteiger partial charge in [0, 0.05) is 6.42 Å². The molecule has 0 saturated heterocycles. The molecule has 46 heavy (non-hydrogen) atoms. The summed E-state index contributed by atoms with van der Waals surface area (Å²) in [5, 5.41) is 2.57. The lowest BCUT2D eigenvalue weighted by Gasteiger charge is -2.51. The van der Waals surface area contributed by atoms with E-state index < -0.39 is 23.6 Å². The van der Waals surface area contributed by atoms with Gasteiger partial charge in [0.1, 0.15) is 6.61 Å². The monoisotopic (exact) mass is 631 g/mol. The van der Waals surface area contributed by atoms with E-state index in [0.717, 1.165) is 50.5 Å². The molecule has 1 aromatic rings. The van der Waals surface area contributed by atoms with Crippen LogP contribution in [-0.4, -0.2) is 42.6 Å². The van der Waals surface area contributed by atoms with Crippen LogP contribution in [0.5, 0.6) is 0 Å². The molecule has 8 heteroatoms. The molecular formula is C38H49NO7. The van der Waals surface area contributed by atoms with Gasteiger partial charge < -0.3 is 14.2 Å². The maximum Gasteiger partial charge on any atom is 0.408 e. The molecule has 0 spiro atoms. The molecule has 1 aromatic carbocycles. The van der Waals surface area contributed by atoms with E-state index in [1.165, 1.54) is 23.1 Å². The Morgan fingerprint density at radius 2 is 1.67 bits per heavy atom. The fourth-order valence-electron chi connectivity index (χ4n) is 8.66. The molecule has 4 atom stereocenters. The first-order valence-electron chi connectivity index (χ1n) is 17.1. The van der Waals surface area contributed by atoms with Gasteiger partial charge in [0.25, 0.3) is 0 Å². The van der Waals surface area contributed by atoms with Crippen LogP contribution in [0.25, 0.3) is 0 Å². The Balaban J connectivity index is 1.35. The summed E-state index contributed by atoms with van der Waals surface area (Å²) >= 11 is 0. The highest BCUT2D eigenvalue weighted by atomic mass is 16.6. The summed E-state index contributed by atoms with van der Waals surface area (Å²) in [5.41, 5.74) is 4.40. The van der Waals surface area contributed by atoms with Crippen LogP contribution in [0, 0.1) is 23.2 Å². The van der Waals surface area contributed by atoms with E-state index in [1.807, 2.05) is 36.4 Å². The predicted octanol–water partition coefficient (Wildman–Crippen LogP) is 7.33. The largest absolute Gasteiger partial charge is 0.464 e. The van der Waals surface area contributed by atoms with Crippen LogP contribution in [-0.2, 0) is 35.2 Å². The van der Waals surface area contributed by atoms with Crippen LogP contribution >= 0.6 is 0 Å². The minimum absolute atomic E-state index is 0.0121. The number of ether oxygens (including phenoxy) is 3. The smallest absolute Gasteiger partial charge is 0.408 e. The molecule has 248 valence electrons. The number of allylic oxidation sites excluding steroid dienone is 5. The molecule has 5 rings (SSSR count). The third kappa shape index (κ3) is 6.72. The van der Waals surface area contributed by atoms with E-state index in [0.29, 0.717) is 30.6 Å². The van der Waals surface area contributed by atoms with E-state index in [1.54, 1.807) is 19.4 Å². The molecule has 1 N–H and O–H groups in total. The number of ketones is 1. The van der Waals surface area contributed by atoms with Crippen molar-refractivity contribution < 1.29 is 33.4 Å². The minimum atomic E-state index is -2.02. The average Bonchev–Trinajstić information content (AvgIpc) is 3.35. The van der Waals surface area contributed by atoms with Crippen molar-refractivity contribution >= 4 is 23.8 Å². The number of amides is 1. The van der Waals surface area contributed by atoms with Gasteiger partial charge in [0.2, 0.25) is 5.54 Å². The van der Waals surface area contributed by atoms with Gasteiger partial charge in [0.15, 0.2) is 5.78 Å². The SMILES string of the molecule is C=C1CC[C@H]2[C@@H]3CCC4=CC(=O)CCC4=C3[C@@H](CCCCC(NC(=O)OCc3ccccc3)(C(=O)OCC)C(=O)OCC)C[C@]12C. The Hall–Kier alpha value is -3.68. The Labute approximate surface area is 273 Å². The Bertz CT molecular complexity index is 1390. The van der Waals surface area contributed by atoms with Crippen LogP contribution in [0.3, 0.4) is 0 Å². The van der Waals surface area contributed by atoms with Crippen LogP contribution in [0.1, 0.15) is 97.0 Å². The fourth-order valence-corrected chi connectivity index (χ4v) is 8.66. The predicted molar refractivity (Wildman–Crippen MR) is 174 cm³/mol. The van der Waals surface area contributed by atoms with Gasteiger partial charge in [-0.25, -0.2) is 14.4 Å². The van der Waals surface area contributed by atoms with E-state index in [-0.39, 0.29) is 37.4 Å². The normalized spacial score (nSPS) is 25.5. The number of hydrogen-bond donors (Lipinski definition) is 1. The first-order chi connectivity index (χ1) is 22.1. The maximum absolute atomic E-state index is 13.4. The molecule has 4 aliphatic rings. The number of alkyl carbamates (subject to hydrolysis) is 1. The number of carbonyl (C=O) groups is 4. The quantitative estimate of drug-likeness (QED) is 0.0846. The number of esters is 2. The van der Waals surface area contributed by atoms with Crippen molar-refractivity contribution in [2.45, 2.75) is 104 Å². The summed E-state index contributed by atoms with van der Waals surface area (Å²) < 4.78 is 16.1. The van der Waals surface area contributed by atoms with Crippen molar-refractivity contribution in [2.24, 2.45) is 23.2 Å². The number of fused-ring (bicyclic) bond motifs is 4. The number of unbranched alkanes of at least 4 members (excludes halogenated alkanes) is 1. The summed E-state index contributed by atoms with van der Waals surface area (Å²) in [5.74, 6) is -0.0461. The molecule has 4 aliphatic carbocycles. The molecule has 0 radical (unpaired) electrons. The molecule has 0 bridgehead atoms. The first kappa shape index (κ1) is 33.7. The fraction of sp³-hybridized carbons (Fsp3) is 0.579. The van der Waals surface area contributed by atoms with Gasteiger partial charge in [-0.15, -0.1) is 0 Å². The summed E-state index contributed by atoms with van der Waals surface area (Å²) in [6.07, 6.45) is 9.84. The van der Waals surface area contributed by atoms with E-state index >= 15 is 0 Å². The topological polar surface area (TPSA) is 108 Å². The summed E-state index contributed by atoms with van der Waals surface area (Å²) in [6.45, 7) is 10.3. The Morgan fingerprint density at radius 1 is 0.957 bits per heavy atom. The summed E-state index contributed by atoms with van der Waals surface area (Å²) in [6, 6.07) is 9.19. The van der Waals surface area contributed by atoms with Crippen molar-refractivity contribution in [1.29, 1.82) is 0 Å². The zero-order valence-corrected chi connectivity index (χ0v) is 27.7. The molecule has 0 aliphatic heterocycles. The van der Waals surface area contributed by atoms with Crippen LogP contribution < -0.4 is 5.32 Å². The standard InChI is InChI=1S/C38H49NO7/c1-5-44-34(41)38(35(42)45-6-2,39-36(43)46-24-26-12-8-7-9-13-26)21-11-10-14-28-23-37(4)25(3)15-20-32(37)31-18-16-27-22-29(40)17-19-30(27)33(28)31/h7-9,12-13,22,28,31-32H,3,5-6,10-11,14-21,23-24H2,1-2,4H3,(H,39,43)/t28-,31-,32-,37+/m0/s1. The van der Waals surface area contributed by atoms with E-state index in [2.05, 4.69) is 18.8 Å². The molecule has 2 fully saturated rings. The Morgan fingerprint density at radius 3 is 2.37 bits per heavy atom. The van der Waals surface area contributed by atoms with Crippen molar-refractivity contribution in [3.63, 3.8) is 0 Å². The highest BCUT2D eigenvalue weighted by Gasteiger charge is 2.54. The van der Waals surface area contributed by atoms with Crippen LogP contribution in [0.4, 0.5) is 4.79 Å². The van der Waals surface area contributed by atoms with Crippen molar-refractivity contribution in [1.82, 2.24) is 5.32 Å². The molecule has 1 amide bonds. The summed E-state index contributed by atoms with van der Waals surface area (Å²) in [4.78, 5) is 52.2. The van der Waals surface area contributed by atoms with Crippen molar-refractivity contribution in [2.75, 3.05) is 13.2 Å². The number of carbonyl (C=O) groups excluding carboxylic acids is 4. The minimum Gasteiger partial charge on any atom is -0.464 e.